The SMILES string of the molecule is CN(CC(F)(F)CC(F)(F)F)C(F)(F)C(F)(F)C(F)(F)C(F)(F)F. The first-order chi connectivity index (χ1) is 10.1. The molecule has 0 radical (unpaired) electrons. The number of hydrogen-bond donors (Lipinski definition) is 0. The molecule has 0 unspecified atom stereocenters. The molecular formula is C9H7F14N. The molecule has 0 atom stereocenters. The van der Waals surface area contributed by atoms with Gasteiger partial charge in [0.05, 0.1) is 6.54 Å². The molecule has 1 nitrogen and oxygen atoms in total. The van der Waals surface area contributed by atoms with E-state index in [9.17, 15) is 61.5 Å². The molecule has 0 saturated heterocycles. The van der Waals surface area contributed by atoms with Crippen LogP contribution in [0.2, 0.25) is 0 Å². The highest BCUT2D eigenvalue weighted by Crippen LogP contribution is 2.54. The molecule has 0 amide bonds. The molecule has 0 aromatic rings. The predicted molar refractivity (Wildman–Crippen MR) is 49.1 cm³/mol. The van der Waals surface area contributed by atoms with Gasteiger partial charge in [-0.15, -0.1) is 0 Å². The minimum absolute atomic E-state index is 0.454. The molecular weight excluding hydrogens is 388 g/mol. The lowest BCUT2D eigenvalue weighted by molar-refractivity contribution is -0.418. The summed E-state index contributed by atoms with van der Waals surface area (Å²) in [5.74, 6) is -19.7. The summed E-state index contributed by atoms with van der Waals surface area (Å²) in [6, 6.07) is -6.54. The molecule has 0 N–H and O–H groups in total. The van der Waals surface area contributed by atoms with E-state index in [1.165, 1.54) is 0 Å². The zero-order chi connectivity index (χ0) is 20.0. The Morgan fingerprint density at radius 1 is 0.625 bits per heavy atom. The first-order valence-electron chi connectivity index (χ1n) is 5.44. The second-order valence-electron chi connectivity index (χ2n) is 4.69. The number of halogens is 14. The van der Waals surface area contributed by atoms with Crippen LogP contribution in [0.25, 0.3) is 0 Å². The lowest BCUT2D eigenvalue weighted by atomic mass is 10.1. The van der Waals surface area contributed by atoms with Crippen LogP contribution >= 0.6 is 0 Å². The topological polar surface area (TPSA) is 3.24 Å². The van der Waals surface area contributed by atoms with E-state index in [-0.39, 0.29) is 0 Å². The van der Waals surface area contributed by atoms with Gasteiger partial charge < -0.3 is 0 Å². The minimum Gasteiger partial charge on any atom is -0.236 e. The van der Waals surface area contributed by atoms with E-state index in [0.29, 0.717) is 0 Å². The molecule has 0 aliphatic rings. The average Bonchev–Trinajstić information content (AvgIpc) is 2.22. The normalized spacial score (nSPS) is 16.0. The number of rotatable bonds is 6. The highest BCUT2D eigenvalue weighted by atomic mass is 19.4. The van der Waals surface area contributed by atoms with Crippen molar-refractivity contribution in [3.63, 3.8) is 0 Å². The maximum absolute atomic E-state index is 13.2. The molecule has 0 aromatic heterocycles. The van der Waals surface area contributed by atoms with Crippen molar-refractivity contribution in [2.24, 2.45) is 0 Å². The highest BCUT2D eigenvalue weighted by Gasteiger charge is 2.83. The standard InChI is InChI=1S/C9H7F14N/c1-24(3-4(10,11)2-5(12,13)14)9(22,23)7(17,18)6(15,16)8(19,20)21/h2-3H2,1H3. The van der Waals surface area contributed by atoms with Crippen molar-refractivity contribution in [3.05, 3.63) is 0 Å². The highest BCUT2D eigenvalue weighted by molar-refractivity contribution is 5.00. The van der Waals surface area contributed by atoms with Crippen LogP contribution in [0.5, 0.6) is 0 Å². The maximum atomic E-state index is 13.2. The van der Waals surface area contributed by atoms with Crippen LogP contribution in [0.1, 0.15) is 6.42 Å². The van der Waals surface area contributed by atoms with E-state index in [1.807, 2.05) is 0 Å². The zero-order valence-corrected chi connectivity index (χ0v) is 11.2. The van der Waals surface area contributed by atoms with Crippen LogP contribution in [0.4, 0.5) is 61.5 Å². The van der Waals surface area contributed by atoms with E-state index < -0.39 is 61.1 Å². The molecule has 0 bridgehead atoms. The number of hydrogen-bond acceptors (Lipinski definition) is 1. The van der Waals surface area contributed by atoms with E-state index >= 15 is 0 Å². The monoisotopic (exact) mass is 395 g/mol. The fourth-order valence-corrected chi connectivity index (χ4v) is 1.40. The van der Waals surface area contributed by atoms with Crippen molar-refractivity contribution in [3.8, 4) is 0 Å². The number of nitrogens with zero attached hydrogens (tertiary/aromatic N) is 1. The molecule has 146 valence electrons. The lowest BCUT2D eigenvalue weighted by Gasteiger charge is -2.39. The van der Waals surface area contributed by atoms with Crippen LogP contribution in [-0.2, 0) is 0 Å². The molecule has 0 heterocycles. The lowest BCUT2D eigenvalue weighted by Crippen LogP contribution is -2.66. The Hall–Kier alpha value is -1.02. The van der Waals surface area contributed by atoms with Gasteiger partial charge in [0.25, 0.3) is 5.92 Å². The maximum Gasteiger partial charge on any atom is 0.460 e. The Kier molecular flexibility index (Phi) is 5.80. The second-order valence-corrected chi connectivity index (χ2v) is 4.69. The van der Waals surface area contributed by atoms with E-state index in [2.05, 4.69) is 0 Å². The Morgan fingerprint density at radius 3 is 1.29 bits per heavy atom. The molecule has 0 aromatic carbocycles. The summed E-state index contributed by atoms with van der Waals surface area (Å²) in [6.07, 6.45) is -15.9. The zero-order valence-electron chi connectivity index (χ0n) is 11.2. The van der Waals surface area contributed by atoms with Gasteiger partial charge in [-0.1, -0.05) is 0 Å². The van der Waals surface area contributed by atoms with Gasteiger partial charge in [0.15, 0.2) is 0 Å². The van der Waals surface area contributed by atoms with Gasteiger partial charge in [-0.2, -0.15) is 52.7 Å². The first kappa shape index (κ1) is 23.0. The van der Waals surface area contributed by atoms with Gasteiger partial charge in [-0.25, -0.2) is 13.7 Å². The molecule has 0 saturated carbocycles. The smallest absolute Gasteiger partial charge is 0.236 e. The summed E-state index contributed by atoms with van der Waals surface area (Å²) in [7, 11) is -0.454. The third-order valence-electron chi connectivity index (χ3n) is 2.54. The van der Waals surface area contributed by atoms with Crippen molar-refractivity contribution in [2.45, 2.75) is 42.6 Å². The van der Waals surface area contributed by atoms with Crippen molar-refractivity contribution in [2.75, 3.05) is 13.6 Å². The summed E-state index contributed by atoms with van der Waals surface area (Å²) >= 11 is 0. The van der Waals surface area contributed by atoms with E-state index in [4.69, 9.17) is 0 Å². The summed E-state index contributed by atoms with van der Waals surface area (Å²) < 4.78 is 174. The van der Waals surface area contributed by atoms with Crippen LogP contribution in [0.15, 0.2) is 0 Å². The quantitative estimate of drug-likeness (QED) is 0.456. The third-order valence-corrected chi connectivity index (χ3v) is 2.54. The Bertz CT molecular complexity index is 433. The van der Waals surface area contributed by atoms with Crippen molar-refractivity contribution in [1.29, 1.82) is 0 Å². The van der Waals surface area contributed by atoms with Crippen LogP contribution in [0, 0.1) is 0 Å². The summed E-state index contributed by atoms with van der Waals surface area (Å²) in [5, 5.41) is 0. The summed E-state index contributed by atoms with van der Waals surface area (Å²) in [6.45, 7) is -2.86. The first-order valence-corrected chi connectivity index (χ1v) is 5.44. The van der Waals surface area contributed by atoms with Gasteiger partial charge in [0, 0.05) is 0 Å². The Balaban J connectivity index is 5.58. The fraction of sp³-hybridized carbons (Fsp3) is 1.00. The Labute approximate surface area is 124 Å². The van der Waals surface area contributed by atoms with E-state index in [0.717, 1.165) is 0 Å². The van der Waals surface area contributed by atoms with Gasteiger partial charge in [-0.05, 0) is 7.05 Å². The summed E-state index contributed by atoms with van der Waals surface area (Å²) in [5.41, 5.74) is 0. The van der Waals surface area contributed by atoms with Crippen LogP contribution < -0.4 is 0 Å². The van der Waals surface area contributed by atoms with Gasteiger partial charge >= 0.3 is 30.2 Å². The third kappa shape index (κ3) is 4.53. The molecule has 24 heavy (non-hydrogen) atoms. The summed E-state index contributed by atoms with van der Waals surface area (Å²) in [4.78, 5) is -1.70. The largest absolute Gasteiger partial charge is 0.460 e. The molecule has 15 heteroatoms. The molecule has 0 fully saturated rings. The average molecular weight is 395 g/mol. The predicted octanol–water partition coefficient (Wildman–Crippen LogP) is 4.93. The molecule has 0 aliphatic heterocycles. The van der Waals surface area contributed by atoms with Gasteiger partial charge in [-0.3, -0.25) is 0 Å². The Morgan fingerprint density at radius 2 is 1.00 bits per heavy atom. The molecule has 0 aliphatic carbocycles. The number of alkyl halides is 14. The second kappa shape index (κ2) is 6.05. The van der Waals surface area contributed by atoms with Gasteiger partial charge in [0.1, 0.15) is 6.42 Å². The van der Waals surface area contributed by atoms with Crippen LogP contribution in [-0.4, -0.2) is 54.7 Å². The van der Waals surface area contributed by atoms with Crippen LogP contribution in [0.3, 0.4) is 0 Å². The molecule has 0 rings (SSSR count). The van der Waals surface area contributed by atoms with Crippen molar-refractivity contribution in [1.82, 2.24) is 4.90 Å². The molecule has 0 spiro atoms. The van der Waals surface area contributed by atoms with Crippen molar-refractivity contribution < 1.29 is 61.5 Å². The fourth-order valence-electron chi connectivity index (χ4n) is 1.40. The van der Waals surface area contributed by atoms with Crippen molar-refractivity contribution >= 4 is 0 Å². The minimum atomic E-state index is -7.34. The van der Waals surface area contributed by atoms with Gasteiger partial charge in [0.2, 0.25) is 0 Å². The van der Waals surface area contributed by atoms with E-state index in [1.54, 1.807) is 0 Å².